The third-order valence-corrected chi connectivity index (χ3v) is 3.04. The molecule has 0 heterocycles. The lowest BCUT2D eigenvalue weighted by molar-refractivity contribution is 0.366. The van der Waals surface area contributed by atoms with E-state index in [0.29, 0.717) is 0 Å². The number of allylic oxidation sites excluding steroid dienone is 4. The van der Waals surface area contributed by atoms with Crippen LogP contribution in [-0.4, -0.2) is 11.1 Å². The van der Waals surface area contributed by atoms with Gasteiger partial charge in [0.15, 0.2) is 0 Å². The summed E-state index contributed by atoms with van der Waals surface area (Å²) in [5.74, 6) is 0. The second-order valence-corrected chi connectivity index (χ2v) is 5.26. The zero-order valence-corrected chi connectivity index (χ0v) is 10.5. The molecule has 16 heavy (non-hydrogen) atoms. The normalized spacial score (nSPS) is 36.8. The van der Waals surface area contributed by atoms with Crippen molar-refractivity contribution in [2.45, 2.75) is 38.8 Å². The van der Waals surface area contributed by atoms with Gasteiger partial charge in [0.05, 0.1) is 11.1 Å². The van der Waals surface area contributed by atoms with Crippen molar-refractivity contribution in [1.82, 2.24) is 10.9 Å². The molecule has 0 radical (unpaired) electrons. The molecule has 0 bridgehead atoms. The Balaban J connectivity index is 1.99. The summed E-state index contributed by atoms with van der Waals surface area (Å²) in [5.41, 5.74) is 9.21. The zero-order valence-electron chi connectivity index (χ0n) is 10.5. The van der Waals surface area contributed by atoms with Gasteiger partial charge in [-0.15, -0.1) is 0 Å². The molecule has 2 nitrogen and oxygen atoms in total. The van der Waals surface area contributed by atoms with E-state index in [1.165, 1.54) is 11.1 Å². The minimum atomic E-state index is -0.0781. The molecular weight excluding hydrogens is 196 g/mol. The van der Waals surface area contributed by atoms with Crippen molar-refractivity contribution >= 4 is 0 Å². The highest BCUT2D eigenvalue weighted by Crippen LogP contribution is 2.22. The molecule has 86 valence electrons. The first kappa shape index (κ1) is 11.4. The number of hydrogen-bond acceptors (Lipinski definition) is 2. The summed E-state index contributed by atoms with van der Waals surface area (Å²) in [6.45, 7) is 8.55. The molecule has 0 fully saturated rings. The number of nitrogens with one attached hydrogen (secondary N) is 2. The molecule has 2 rings (SSSR count). The van der Waals surface area contributed by atoms with Crippen LogP contribution in [-0.2, 0) is 0 Å². The monoisotopic (exact) mass is 216 g/mol. The third-order valence-electron chi connectivity index (χ3n) is 3.04. The van der Waals surface area contributed by atoms with Gasteiger partial charge < -0.3 is 0 Å². The Kier molecular flexibility index (Phi) is 2.64. The third kappa shape index (κ3) is 2.34. The maximum atomic E-state index is 3.38. The second kappa shape index (κ2) is 3.72. The standard InChI is InChI=1S/C14H20N2/c1-11-5-7-13(3,9-11)15-16-14(4)8-6-12(2)10-14/h5-10,15-16H,1-4H3. The zero-order chi connectivity index (χ0) is 11.8. The molecule has 0 spiro atoms. The molecule has 2 aliphatic rings. The molecule has 0 aliphatic heterocycles. The minimum absolute atomic E-state index is 0.0781. The van der Waals surface area contributed by atoms with Crippen LogP contribution in [0.1, 0.15) is 27.7 Å². The van der Waals surface area contributed by atoms with Gasteiger partial charge in [-0.3, -0.25) is 0 Å². The Morgan fingerprint density at radius 2 is 1.19 bits per heavy atom. The van der Waals surface area contributed by atoms with Crippen LogP contribution in [0.4, 0.5) is 0 Å². The van der Waals surface area contributed by atoms with Crippen molar-refractivity contribution in [3.63, 3.8) is 0 Å². The molecule has 0 saturated heterocycles. The van der Waals surface area contributed by atoms with Gasteiger partial charge >= 0.3 is 0 Å². The molecule has 0 aromatic heterocycles. The fourth-order valence-electron chi connectivity index (χ4n) is 2.17. The van der Waals surface area contributed by atoms with Crippen molar-refractivity contribution in [2.75, 3.05) is 0 Å². The Labute approximate surface area is 97.8 Å². The van der Waals surface area contributed by atoms with Gasteiger partial charge in [0.1, 0.15) is 0 Å². The lowest BCUT2D eigenvalue weighted by Crippen LogP contribution is -2.55. The summed E-state index contributed by atoms with van der Waals surface area (Å²) in [5, 5.41) is 0. The molecule has 2 atom stereocenters. The highest BCUT2D eigenvalue weighted by molar-refractivity contribution is 5.37. The summed E-state index contributed by atoms with van der Waals surface area (Å²) in [6.07, 6.45) is 13.1. The predicted octanol–water partition coefficient (Wildman–Crippen LogP) is 2.63. The number of hydrogen-bond donors (Lipinski definition) is 2. The van der Waals surface area contributed by atoms with E-state index in [1.54, 1.807) is 0 Å². The molecule has 0 amide bonds. The highest BCUT2D eigenvalue weighted by Gasteiger charge is 2.26. The van der Waals surface area contributed by atoms with Crippen LogP contribution >= 0.6 is 0 Å². The summed E-state index contributed by atoms with van der Waals surface area (Å²) < 4.78 is 0. The largest absolute Gasteiger partial charge is 0.243 e. The topological polar surface area (TPSA) is 24.1 Å². The van der Waals surface area contributed by atoms with E-state index >= 15 is 0 Å². The average molecular weight is 216 g/mol. The van der Waals surface area contributed by atoms with E-state index in [1.807, 2.05) is 0 Å². The Bertz CT molecular complexity index is 374. The van der Waals surface area contributed by atoms with E-state index in [9.17, 15) is 0 Å². The molecule has 0 aromatic carbocycles. The van der Waals surface area contributed by atoms with Crippen LogP contribution in [0, 0.1) is 0 Å². The van der Waals surface area contributed by atoms with Crippen LogP contribution in [0.3, 0.4) is 0 Å². The van der Waals surface area contributed by atoms with Crippen molar-refractivity contribution in [2.24, 2.45) is 0 Å². The lowest BCUT2D eigenvalue weighted by atomic mass is 10.0. The molecule has 2 aliphatic carbocycles. The summed E-state index contributed by atoms with van der Waals surface area (Å²) in [4.78, 5) is 0. The first-order valence-corrected chi connectivity index (χ1v) is 5.73. The van der Waals surface area contributed by atoms with Crippen LogP contribution in [0.15, 0.2) is 47.6 Å². The Morgan fingerprint density at radius 3 is 1.44 bits per heavy atom. The van der Waals surface area contributed by atoms with E-state index in [0.717, 1.165) is 0 Å². The average Bonchev–Trinajstić information content (AvgIpc) is 2.70. The molecule has 0 saturated carbocycles. The predicted molar refractivity (Wildman–Crippen MR) is 68.9 cm³/mol. The Hall–Kier alpha value is -1.12. The van der Waals surface area contributed by atoms with Crippen molar-refractivity contribution in [3.8, 4) is 0 Å². The van der Waals surface area contributed by atoms with Crippen LogP contribution in [0.5, 0.6) is 0 Å². The Morgan fingerprint density at radius 1 is 0.812 bits per heavy atom. The second-order valence-electron chi connectivity index (χ2n) is 5.26. The molecular formula is C14H20N2. The SMILES string of the molecule is CC1=CC(C)(NNC2(C)C=CC(C)=C2)C=C1. The van der Waals surface area contributed by atoms with Crippen molar-refractivity contribution in [1.29, 1.82) is 0 Å². The smallest absolute Gasteiger partial charge is 0.0664 e. The van der Waals surface area contributed by atoms with E-state index in [-0.39, 0.29) is 11.1 Å². The van der Waals surface area contributed by atoms with Gasteiger partial charge in [-0.1, -0.05) is 47.6 Å². The minimum Gasteiger partial charge on any atom is -0.243 e. The molecule has 2 unspecified atom stereocenters. The fraction of sp³-hybridized carbons (Fsp3) is 0.429. The summed E-state index contributed by atoms with van der Waals surface area (Å²) in [6, 6.07) is 0. The lowest BCUT2D eigenvalue weighted by Gasteiger charge is -2.29. The molecule has 0 aromatic rings. The molecule has 2 N–H and O–H groups in total. The van der Waals surface area contributed by atoms with Gasteiger partial charge in [-0.25, -0.2) is 10.9 Å². The van der Waals surface area contributed by atoms with E-state index in [2.05, 4.69) is 75.0 Å². The van der Waals surface area contributed by atoms with Crippen molar-refractivity contribution < 1.29 is 0 Å². The number of hydrazine groups is 1. The summed E-state index contributed by atoms with van der Waals surface area (Å²) >= 11 is 0. The summed E-state index contributed by atoms with van der Waals surface area (Å²) in [7, 11) is 0. The van der Waals surface area contributed by atoms with E-state index in [4.69, 9.17) is 0 Å². The van der Waals surface area contributed by atoms with Gasteiger partial charge in [0.25, 0.3) is 0 Å². The van der Waals surface area contributed by atoms with Gasteiger partial charge in [-0.05, 0) is 27.7 Å². The fourth-order valence-corrected chi connectivity index (χ4v) is 2.17. The molecule has 2 heteroatoms. The maximum Gasteiger partial charge on any atom is 0.0664 e. The van der Waals surface area contributed by atoms with Crippen LogP contribution < -0.4 is 10.9 Å². The first-order valence-electron chi connectivity index (χ1n) is 5.73. The van der Waals surface area contributed by atoms with Gasteiger partial charge in [0.2, 0.25) is 0 Å². The highest BCUT2D eigenvalue weighted by atomic mass is 15.4. The number of rotatable bonds is 3. The van der Waals surface area contributed by atoms with Crippen LogP contribution in [0.25, 0.3) is 0 Å². The van der Waals surface area contributed by atoms with Gasteiger partial charge in [0, 0.05) is 0 Å². The van der Waals surface area contributed by atoms with Crippen LogP contribution in [0.2, 0.25) is 0 Å². The quantitative estimate of drug-likeness (QED) is 0.709. The first-order chi connectivity index (χ1) is 7.41. The van der Waals surface area contributed by atoms with Crippen molar-refractivity contribution in [3.05, 3.63) is 47.6 Å². The van der Waals surface area contributed by atoms with Gasteiger partial charge in [-0.2, -0.15) is 0 Å². The van der Waals surface area contributed by atoms with E-state index < -0.39 is 0 Å². The maximum absolute atomic E-state index is 3.38.